The number of ether oxygens (including phenoxy) is 2. The Morgan fingerprint density at radius 2 is 1.11 bits per heavy atom. The molecule has 0 aliphatic carbocycles. The summed E-state index contributed by atoms with van der Waals surface area (Å²) in [5.74, 6) is 0. The first kappa shape index (κ1) is 18.7. The third-order valence-corrected chi connectivity index (χ3v) is 5.21. The number of hydrogen-bond acceptors (Lipinski definition) is 2. The second-order valence-corrected chi connectivity index (χ2v) is 6.97. The smallest absolute Gasteiger partial charge is 0.244 e. The highest BCUT2D eigenvalue weighted by molar-refractivity contribution is 5.72. The molecule has 0 bridgehead atoms. The Morgan fingerprint density at radius 3 is 1.54 bits per heavy atom. The normalized spacial score (nSPS) is 11.6. The van der Waals surface area contributed by atoms with Gasteiger partial charge in [0.2, 0.25) is 12.7 Å². The highest BCUT2D eigenvalue weighted by Crippen LogP contribution is 2.14. The molecule has 0 spiro atoms. The lowest BCUT2D eigenvalue weighted by molar-refractivity contribution is -0.674. The summed E-state index contributed by atoms with van der Waals surface area (Å²) in [5.41, 5.74) is 4.99. The van der Waals surface area contributed by atoms with E-state index in [2.05, 4.69) is 79.5 Å². The quantitative estimate of drug-likeness (QED) is 0.417. The molecular weight excluding hydrogens is 352 g/mol. The standard InChI is InChI=1S/C22H28N4O2/c1-27-15-13-25-17-23(19-7-3-5-9-21(19)25)11-12-24-18-26(14-16-28-2)22-10-6-4-8-20(22)24/h3-10,17-18H,11-16H2,1-2H3/q+2. The van der Waals surface area contributed by atoms with Crippen molar-refractivity contribution in [2.24, 2.45) is 0 Å². The van der Waals surface area contributed by atoms with E-state index in [1.807, 2.05) is 0 Å². The van der Waals surface area contributed by atoms with Gasteiger partial charge in [0.25, 0.3) is 0 Å². The van der Waals surface area contributed by atoms with Gasteiger partial charge in [0.15, 0.2) is 22.1 Å². The van der Waals surface area contributed by atoms with Gasteiger partial charge in [-0.05, 0) is 24.3 Å². The van der Waals surface area contributed by atoms with Crippen LogP contribution in [0.5, 0.6) is 0 Å². The van der Waals surface area contributed by atoms with Crippen LogP contribution in [0.25, 0.3) is 22.1 Å². The SMILES string of the molecule is COCC[n+]1cn(CCn2c[n+](CCOC)c3ccccc32)c2ccccc21. The van der Waals surface area contributed by atoms with Gasteiger partial charge in [-0.1, -0.05) is 24.3 Å². The van der Waals surface area contributed by atoms with Gasteiger partial charge in [-0.25, -0.2) is 18.3 Å². The molecule has 0 aliphatic heterocycles. The molecule has 0 N–H and O–H groups in total. The number of benzene rings is 2. The van der Waals surface area contributed by atoms with Gasteiger partial charge in [-0.3, -0.25) is 0 Å². The maximum Gasteiger partial charge on any atom is 0.244 e. The van der Waals surface area contributed by atoms with Gasteiger partial charge in [0.05, 0.1) is 13.2 Å². The molecule has 4 aromatic rings. The van der Waals surface area contributed by atoms with E-state index in [0.29, 0.717) is 13.2 Å². The van der Waals surface area contributed by atoms with Crippen LogP contribution >= 0.6 is 0 Å². The molecule has 0 saturated heterocycles. The van der Waals surface area contributed by atoms with E-state index in [-0.39, 0.29) is 0 Å². The lowest BCUT2D eigenvalue weighted by atomic mass is 10.3. The molecule has 0 amide bonds. The second-order valence-electron chi connectivity index (χ2n) is 6.97. The molecule has 2 aromatic heterocycles. The third kappa shape index (κ3) is 3.66. The minimum Gasteiger partial charge on any atom is -0.381 e. The maximum absolute atomic E-state index is 5.27. The molecule has 4 rings (SSSR count). The van der Waals surface area contributed by atoms with Gasteiger partial charge in [0, 0.05) is 14.2 Å². The number of methoxy groups -OCH3 is 2. The largest absolute Gasteiger partial charge is 0.381 e. The molecule has 0 unspecified atom stereocenters. The molecule has 0 radical (unpaired) electrons. The van der Waals surface area contributed by atoms with Crippen molar-refractivity contribution in [1.82, 2.24) is 9.13 Å². The lowest BCUT2D eigenvalue weighted by Crippen LogP contribution is -2.35. The van der Waals surface area contributed by atoms with E-state index < -0.39 is 0 Å². The van der Waals surface area contributed by atoms with Crippen molar-refractivity contribution < 1.29 is 18.6 Å². The minimum absolute atomic E-state index is 0.709. The van der Waals surface area contributed by atoms with Gasteiger partial charge < -0.3 is 9.47 Å². The zero-order valence-corrected chi connectivity index (χ0v) is 16.6. The summed E-state index contributed by atoms with van der Waals surface area (Å²) < 4.78 is 19.7. The summed E-state index contributed by atoms with van der Waals surface area (Å²) >= 11 is 0. The van der Waals surface area contributed by atoms with Gasteiger partial charge in [0.1, 0.15) is 26.2 Å². The highest BCUT2D eigenvalue weighted by atomic mass is 16.5. The van der Waals surface area contributed by atoms with Crippen molar-refractivity contribution in [2.75, 3.05) is 27.4 Å². The molecule has 0 atom stereocenters. The molecule has 0 aliphatic rings. The first-order valence-electron chi connectivity index (χ1n) is 9.74. The van der Waals surface area contributed by atoms with Crippen LogP contribution in [0.1, 0.15) is 0 Å². The lowest BCUT2D eigenvalue weighted by Gasteiger charge is -1.97. The summed E-state index contributed by atoms with van der Waals surface area (Å²) in [6, 6.07) is 17.1. The second kappa shape index (κ2) is 8.54. The van der Waals surface area contributed by atoms with Crippen LogP contribution in [-0.4, -0.2) is 36.6 Å². The number of rotatable bonds is 9. The van der Waals surface area contributed by atoms with Crippen molar-refractivity contribution in [2.45, 2.75) is 26.2 Å². The molecular formula is C22H28N4O2+2. The predicted molar refractivity (Wildman–Crippen MR) is 108 cm³/mol. The van der Waals surface area contributed by atoms with Gasteiger partial charge >= 0.3 is 0 Å². The van der Waals surface area contributed by atoms with Crippen LogP contribution in [0.3, 0.4) is 0 Å². The maximum atomic E-state index is 5.27. The Hall–Kier alpha value is -2.70. The monoisotopic (exact) mass is 380 g/mol. The molecule has 28 heavy (non-hydrogen) atoms. The average Bonchev–Trinajstić information content (AvgIpc) is 3.27. The van der Waals surface area contributed by atoms with E-state index in [0.717, 1.165) is 26.2 Å². The molecule has 146 valence electrons. The Morgan fingerprint density at radius 1 is 0.679 bits per heavy atom. The zero-order valence-electron chi connectivity index (χ0n) is 16.6. The summed E-state index contributed by atoms with van der Waals surface area (Å²) in [5, 5.41) is 0. The molecule has 2 aromatic carbocycles. The number of para-hydroxylation sites is 4. The van der Waals surface area contributed by atoms with Crippen molar-refractivity contribution >= 4 is 22.1 Å². The molecule has 6 nitrogen and oxygen atoms in total. The van der Waals surface area contributed by atoms with Crippen LogP contribution in [0.4, 0.5) is 0 Å². The van der Waals surface area contributed by atoms with E-state index in [9.17, 15) is 0 Å². The topological polar surface area (TPSA) is 36.1 Å². The molecule has 2 heterocycles. The van der Waals surface area contributed by atoms with Crippen molar-refractivity contribution in [3.63, 3.8) is 0 Å². The first-order chi connectivity index (χ1) is 13.8. The van der Waals surface area contributed by atoms with Gasteiger partial charge in [-0.2, -0.15) is 0 Å². The minimum atomic E-state index is 0.709. The number of imidazole rings is 2. The Kier molecular flexibility index (Phi) is 5.69. The number of aryl methyl sites for hydroxylation is 2. The van der Waals surface area contributed by atoms with Gasteiger partial charge in [-0.15, -0.1) is 0 Å². The molecule has 6 heteroatoms. The number of nitrogens with zero attached hydrogens (tertiary/aromatic N) is 4. The zero-order chi connectivity index (χ0) is 19.3. The first-order valence-corrected chi connectivity index (χ1v) is 9.74. The molecule has 0 saturated carbocycles. The van der Waals surface area contributed by atoms with Crippen LogP contribution in [0.2, 0.25) is 0 Å². The fourth-order valence-electron chi connectivity index (χ4n) is 3.79. The van der Waals surface area contributed by atoms with Crippen molar-refractivity contribution in [3.8, 4) is 0 Å². The summed E-state index contributed by atoms with van der Waals surface area (Å²) in [6.07, 6.45) is 4.41. The third-order valence-electron chi connectivity index (χ3n) is 5.21. The fraction of sp³-hybridized carbons (Fsp3) is 0.364. The Balaban J connectivity index is 1.61. The average molecular weight is 380 g/mol. The number of aromatic nitrogens is 4. The summed E-state index contributed by atoms with van der Waals surface area (Å²) in [7, 11) is 3.49. The van der Waals surface area contributed by atoms with E-state index in [1.54, 1.807) is 14.2 Å². The predicted octanol–water partition coefficient (Wildman–Crippen LogP) is 2.16. The summed E-state index contributed by atoms with van der Waals surface area (Å²) in [6.45, 7) is 4.94. The summed E-state index contributed by atoms with van der Waals surface area (Å²) in [4.78, 5) is 0. The van der Waals surface area contributed by atoms with Crippen LogP contribution < -0.4 is 9.13 Å². The van der Waals surface area contributed by atoms with Crippen molar-refractivity contribution in [3.05, 3.63) is 61.2 Å². The number of hydrogen-bond donors (Lipinski definition) is 0. The fourth-order valence-corrected chi connectivity index (χ4v) is 3.79. The van der Waals surface area contributed by atoms with E-state index in [4.69, 9.17) is 9.47 Å². The van der Waals surface area contributed by atoms with Crippen LogP contribution in [0, 0.1) is 0 Å². The Bertz CT molecular complexity index is 981. The van der Waals surface area contributed by atoms with Crippen LogP contribution in [0.15, 0.2) is 61.2 Å². The Labute approximate surface area is 165 Å². The highest BCUT2D eigenvalue weighted by Gasteiger charge is 2.18. The van der Waals surface area contributed by atoms with Crippen molar-refractivity contribution in [1.29, 1.82) is 0 Å². The molecule has 0 fully saturated rings. The van der Waals surface area contributed by atoms with E-state index in [1.165, 1.54) is 22.1 Å². The van der Waals surface area contributed by atoms with E-state index >= 15 is 0 Å². The number of fused-ring (bicyclic) bond motifs is 2. The van der Waals surface area contributed by atoms with Crippen LogP contribution in [-0.2, 0) is 35.7 Å².